The van der Waals surface area contributed by atoms with E-state index in [-0.39, 0.29) is 0 Å². The van der Waals surface area contributed by atoms with Gasteiger partial charge in [-0.05, 0) is 0 Å². The minimum absolute atomic E-state index is 0.781. The summed E-state index contributed by atoms with van der Waals surface area (Å²) in [4.78, 5) is 9.01. The summed E-state index contributed by atoms with van der Waals surface area (Å²) in [6.45, 7) is 0. The van der Waals surface area contributed by atoms with Crippen LogP contribution in [0.4, 0.5) is 0 Å². The first-order chi connectivity index (χ1) is 9.31. The molecule has 5 heteroatoms. The number of ether oxygens (including phenoxy) is 1. The van der Waals surface area contributed by atoms with Gasteiger partial charge in [0.2, 0.25) is 0 Å². The Morgan fingerprint density at radius 1 is 1.21 bits per heavy atom. The molecule has 2 heterocycles. The van der Waals surface area contributed by atoms with Gasteiger partial charge in [-0.3, -0.25) is 0 Å². The van der Waals surface area contributed by atoms with Gasteiger partial charge in [0.25, 0.3) is 0 Å². The number of aromatic nitrogens is 2. The number of fused-ring (bicyclic) bond motifs is 1. The molecule has 0 aliphatic carbocycles. The van der Waals surface area contributed by atoms with Crippen molar-refractivity contribution in [1.82, 2.24) is 9.97 Å². The van der Waals surface area contributed by atoms with Gasteiger partial charge in [0.1, 0.15) is 0 Å². The van der Waals surface area contributed by atoms with Crippen LogP contribution in [0.3, 0.4) is 0 Å². The van der Waals surface area contributed by atoms with Crippen LogP contribution in [0, 0.1) is 0 Å². The van der Waals surface area contributed by atoms with E-state index in [4.69, 9.17) is 12.2 Å². The number of hydrogen-bond acceptors (Lipinski definition) is 4. The van der Waals surface area contributed by atoms with Crippen molar-refractivity contribution < 1.29 is 4.74 Å². The molecule has 0 atom stereocenters. The summed E-state index contributed by atoms with van der Waals surface area (Å²) in [5.74, 6) is 2.29. The van der Waals surface area contributed by atoms with E-state index >= 15 is 0 Å². The summed E-state index contributed by atoms with van der Waals surface area (Å²) in [5.41, 5.74) is 2.49. The van der Waals surface area contributed by atoms with Crippen molar-refractivity contribution in [2.24, 2.45) is 0 Å². The topological polar surface area (TPSA) is 35.0 Å². The fraction of sp³-hybridized carbons (Fsp3) is 0.0714. The second-order valence-corrected chi connectivity index (χ2v) is 4.85. The van der Waals surface area contributed by atoms with Crippen molar-refractivity contribution in [3.05, 3.63) is 40.7 Å². The van der Waals surface area contributed by atoms with E-state index in [1.807, 2.05) is 35.7 Å². The summed E-state index contributed by atoms with van der Waals surface area (Å²) in [6, 6.07) is 9.78. The molecular formula is C14H10BN2OS. The molecule has 0 bridgehead atoms. The van der Waals surface area contributed by atoms with Crippen LogP contribution in [0.25, 0.3) is 22.3 Å². The van der Waals surface area contributed by atoms with Gasteiger partial charge in [0, 0.05) is 0 Å². The second-order valence-electron chi connectivity index (χ2n) is 3.96. The van der Waals surface area contributed by atoms with Crippen LogP contribution >= 0.6 is 11.3 Å². The van der Waals surface area contributed by atoms with E-state index in [0.29, 0.717) is 0 Å². The average Bonchev–Trinajstić information content (AvgIpc) is 2.95. The molecule has 0 aliphatic heterocycles. The van der Waals surface area contributed by atoms with Crippen molar-refractivity contribution in [3.63, 3.8) is 0 Å². The fourth-order valence-electron chi connectivity index (χ4n) is 1.93. The van der Waals surface area contributed by atoms with Gasteiger partial charge in [-0.1, -0.05) is 0 Å². The predicted octanol–water partition coefficient (Wildman–Crippen LogP) is 2.69. The summed E-state index contributed by atoms with van der Waals surface area (Å²) in [6.07, 6.45) is 0. The summed E-state index contributed by atoms with van der Waals surface area (Å²) < 4.78 is 5.43. The van der Waals surface area contributed by atoms with Gasteiger partial charge in [-0.25, -0.2) is 0 Å². The van der Waals surface area contributed by atoms with Gasteiger partial charge in [-0.15, -0.1) is 0 Å². The Hall–Kier alpha value is -2.01. The minimum atomic E-state index is 0.781. The molecule has 3 aromatic rings. The third kappa shape index (κ3) is 2.17. The molecule has 0 aliphatic rings. The van der Waals surface area contributed by atoms with Crippen molar-refractivity contribution in [1.29, 1.82) is 0 Å². The second kappa shape index (κ2) is 4.94. The zero-order chi connectivity index (χ0) is 13.2. The molecule has 1 radical (unpaired) electrons. The number of para-hydroxylation sites is 1. The van der Waals surface area contributed by atoms with Crippen LogP contribution in [0.15, 0.2) is 35.7 Å². The molecule has 0 saturated carbocycles. The van der Waals surface area contributed by atoms with Crippen LogP contribution in [0.5, 0.6) is 5.75 Å². The molecule has 0 amide bonds. The van der Waals surface area contributed by atoms with Crippen molar-refractivity contribution in [3.8, 4) is 17.1 Å². The monoisotopic (exact) mass is 265 g/mol. The third-order valence-electron chi connectivity index (χ3n) is 2.83. The Balaban J connectivity index is 2.21. The summed E-state index contributed by atoms with van der Waals surface area (Å²) in [7, 11) is 7.12. The maximum absolute atomic E-state index is 5.47. The molecule has 0 fully saturated rings. The first-order valence-corrected chi connectivity index (χ1v) is 6.64. The molecular weight excluding hydrogens is 255 g/mol. The number of thiazole rings is 1. The van der Waals surface area contributed by atoms with E-state index in [1.54, 1.807) is 7.11 Å². The van der Waals surface area contributed by atoms with Crippen LogP contribution in [-0.2, 0) is 0 Å². The van der Waals surface area contributed by atoms with Crippen LogP contribution in [0.2, 0.25) is 0 Å². The zero-order valence-corrected chi connectivity index (χ0v) is 11.1. The number of rotatable bonds is 3. The number of methoxy groups -OCH3 is 1. The van der Waals surface area contributed by atoms with Crippen molar-refractivity contribution >= 4 is 35.7 Å². The van der Waals surface area contributed by atoms with Gasteiger partial charge in [-0.2, -0.15) is 0 Å². The average molecular weight is 265 g/mol. The molecule has 0 saturated heterocycles. The first kappa shape index (κ1) is 12.1. The number of nitrogens with zero attached hydrogens (tertiary/aromatic N) is 2. The van der Waals surface area contributed by atoms with Crippen molar-refractivity contribution in [2.75, 3.05) is 7.11 Å². The Bertz CT molecular complexity index is 754. The number of hydrogen-bond donors (Lipinski definition) is 0. The molecule has 0 spiro atoms. The van der Waals surface area contributed by atoms with Crippen molar-refractivity contribution in [2.45, 2.75) is 0 Å². The zero-order valence-electron chi connectivity index (χ0n) is 10.3. The first-order valence-electron chi connectivity index (χ1n) is 5.76. The molecule has 0 N–H and O–H groups in total. The van der Waals surface area contributed by atoms with E-state index in [2.05, 4.69) is 9.97 Å². The quantitative estimate of drug-likeness (QED) is 0.683. The van der Waals surface area contributed by atoms with E-state index in [1.165, 1.54) is 17.3 Å². The normalized spacial score (nSPS) is 10.5. The SMILES string of the molecule is [B]=Cc1nc(-c2cc(OC)c3ccccc3n2)cs1. The molecule has 91 valence electrons. The molecule has 0 unspecified atom stereocenters. The van der Waals surface area contributed by atoms with Gasteiger partial charge in [0.05, 0.1) is 0 Å². The van der Waals surface area contributed by atoms with E-state index in [0.717, 1.165) is 33.0 Å². The standard InChI is InChI=1S/C14H10BN2OS/c1-18-13-6-11(12-8-19-14(7-15)17-12)16-10-5-3-2-4-9(10)13/h2-8H,1H3. The summed E-state index contributed by atoms with van der Waals surface area (Å²) in [5, 5.41) is 3.72. The van der Waals surface area contributed by atoms with Gasteiger partial charge < -0.3 is 0 Å². The Labute approximate surface area is 116 Å². The Morgan fingerprint density at radius 2 is 2.05 bits per heavy atom. The van der Waals surface area contributed by atoms with Crippen LogP contribution in [0.1, 0.15) is 5.01 Å². The Morgan fingerprint density at radius 3 is 2.79 bits per heavy atom. The third-order valence-corrected chi connectivity index (χ3v) is 3.64. The van der Waals surface area contributed by atoms with Gasteiger partial charge in [0.15, 0.2) is 0 Å². The molecule has 2 aromatic heterocycles. The molecule has 19 heavy (non-hydrogen) atoms. The van der Waals surface area contributed by atoms with Crippen LogP contribution < -0.4 is 4.74 Å². The Kier molecular flexibility index (Phi) is 3.13. The fourth-order valence-corrected chi connectivity index (χ4v) is 2.56. The molecule has 1 aromatic carbocycles. The van der Waals surface area contributed by atoms with Gasteiger partial charge >= 0.3 is 115 Å². The van der Waals surface area contributed by atoms with Crippen LogP contribution in [-0.4, -0.2) is 30.5 Å². The number of pyridine rings is 1. The van der Waals surface area contributed by atoms with E-state index in [9.17, 15) is 0 Å². The predicted molar refractivity (Wildman–Crippen MR) is 80.3 cm³/mol. The summed E-state index contributed by atoms with van der Waals surface area (Å²) >= 11 is 1.49. The number of benzene rings is 1. The molecule has 3 rings (SSSR count). The molecule has 3 nitrogen and oxygen atoms in total. The van der Waals surface area contributed by atoms with E-state index < -0.39 is 0 Å². The maximum atomic E-state index is 5.47.